The fourth-order valence-corrected chi connectivity index (χ4v) is 8.80. The fraction of sp³-hybridized carbons (Fsp3) is 0.960. The Hall–Kier alpha value is -0.370. The van der Waals surface area contributed by atoms with Gasteiger partial charge in [0.25, 0.3) is 0 Å². The number of carbonyl (C=O) groups is 1. The van der Waals surface area contributed by atoms with Gasteiger partial charge in [0.1, 0.15) is 6.29 Å². The quantitative estimate of drug-likeness (QED) is 0.611. The van der Waals surface area contributed by atoms with Crippen LogP contribution < -0.4 is 0 Å². The molecular formula is C25H42O2. The molecule has 0 saturated heterocycles. The maximum Gasteiger partial charge on any atom is 0.120 e. The van der Waals surface area contributed by atoms with Gasteiger partial charge < -0.3 is 9.90 Å². The highest BCUT2D eigenvalue weighted by Gasteiger charge is 2.57. The fourth-order valence-electron chi connectivity index (χ4n) is 8.80. The minimum absolute atomic E-state index is 0.116. The van der Waals surface area contributed by atoms with E-state index in [0.29, 0.717) is 17.3 Å². The topological polar surface area (TPSA) is 37.3 Å². The Morgan fingerprint density at radius 3 is 2.52 bits per heavy atom. The molecule has 154 valence electrons. The van der Waals surface area contributed by atoms with Crippen molar-refractivity contribution in [1.29, 1.82) is 0 Å². The minimum atomic E-state index is -0.116. The average molecular weight is 375 g/mol. The maximum absolute atomic E-state index is 10.9. The summed E-state index contributed by atoms with van der Waals surface area (Å²) < 4.78 is 0. The standard InChI is InChI=1S/C25H42O2/c1-16(5-4-14-26)23-10-11-24-21-9-8-18-6-7-19(17(2)27)15-22(18)20(21)12-13-25(23,24)3/h14,16-24,27H,4-13,15H2,1-3H3/t16-,17?,18-,19?,20+,21-,22+,23-,24+,25-/m1/s1. The third kappa shape index (κ3) is 3.43. The lowest BCUT2D eigenvalue weighted by atomic mass is 9.48. The Bertz CT molecular complexity index is 528. The Balaban J connectivity index is 1.49. The van der Waals surface area contributed by atoms with Crippen LogP contribution in [0.15, 0.2) is 0 Å². The van der Waals surface area contributed by atoms with E-state index in [9.17, 15) is 9.90 Å². The van der Waals surface area contributed by atoms with Crippen LogP contribution in [0.2, 0.25) is 0 Å². The van der Waals surface area contributed by atoms with Crippen LogP contribution in [-0.2, 0) is 4.79 Å². The SMILES string of the molecule is CC(O)C1CC[C@@H]2CC[C@@H]3[C@H](CC[C@]4(C)[C@@H]([C@H](C)CCC=O)CC[C@@H]34)[C@H]2C1. The van der Waals surface area contributed by atoms with Gasteiger partial charge in [0.15, 0.2) is 0 Å². The van der Waals surface area contributed by atoms with Gasteiger partial charge in [0.2, 0.25) is 0 Å². The van der Waals surface area contributed by atoms with Crippen LogP contribution in [0.4, 0.5) is 0 Å². The lowest BCUT2D eigenvalue weighted by Crippen LogP contribution is -2.49. The molecule has 2 unspecified atom stereocenters. The molecule has 0 radical (unpaired) electrons. The first-order valence-electron chi connectivity index (χ1n) is 12.1. The molecule has 4 rings (SSSR count). The van der Waals surface area contributed by atoms with Gasteiger partial charge >= 0.3 is 0 Å². The maximum atomic E-state index is 10.9. The Labute approximate surface area is 166 Å². The number of aliphatic hydroxyl groups is 1. The molecule has 0 amide bonds. The molecule has 4 saturated carbocycles. The summed E-state index contributed by atoms with van der Waals surface area (Å²) in [5, 5.41) is 10.2. The first-order valence-corrected chi connectivity index (χ1v) is 12.1. The molecule has 2 heteroatoms. The smallest absolute Gasteiger partial charge is 0.120 e. The second-order valence-electron chi connectivity index (χ2n) is 11.2. The molecule has 0 heterocycles. The monoisotopic (exact) mass is 374 g/mol. The molecule has 0 aromatic carbocycles. The second kappa shape index (κ2) is 7.81. The average Bonchev–Trinajstić information content (AvgIpc) is 3.02. The van der Waals surface area contributed by atoms with Crippen molar-refractivity contribution in [3.63, 3.8) is 0 Å². The molecule has 4 aliphatic rings. The highest BCUT2D eigenvalue weighted by atomic mass is 16.3. The summed E-state index contributed by atoms with van der Waals surface area (Å²) in [5.74, 6) is 6.74. The molecule has 0 aromatic heterocycles. The lowest BCUT2D eigenvalue weighted by molar-refractivity contribution is -0.108. The number of carbonyl (C=O) groups excluding carboxylic acids is 1. The Morgan fingerprint density at radius 2 is 1.78 bits per heavy atom. The van der Waals surface area contributed by atoms with Crippen molar-refractivity contribution in [3.8, 4) is 0 Å². The molecular weight excluding hydrogens is 332 g/mol. The summed E-state index contributed by atoms with van der Waals surface area (Å²) in [6.45, 7) is 7.05. The summed E-state index contributed by atoms with van der Waals surface area (Å²) in [4.78, 5) is 10.9. The molecule has 4 fully saturated rings. The van der Waals surface area contributed by atoms with E-state index >= 15 is 0 Å². The summed E-state index contributed by atoms with van der Waals surface area (Å²) in [6.07, 6.45) is 15.4. The Morgan fingerprint density at radius 1 is 1.00 bits per heavy atom. The van der Waals surface area contributed by atoms with E-state index in [1.165, 1.54) is 57.8 Å². The highest BCUT2D eigenvalue weighted by Crippen LogP contribution is 2.65. The lowest BCUT2D eigenvalue weighted by Gasteiger charge is -2.57. The number of aliphatic hydroxyl groups excluding tert-OH is 1. The van der Waals surface area contributed by atoms with Crippen LogP contribution in [-0.4, -0.2) is 17.5 Å². The molecule has 0 aliphatic heterocycles. The van der Waals surface area contributed by atoms with Crippen molar-refractivity contribution in [2.45, 2.75) is 97.5 Å². The van der Waals surface area contributed by atoms with Gasteiger partial charge in [0.05, 0.1) is 6.10 Å². The number of fused-ring (bicyclic) bond motifs is 5. The van der Waals surface area contributed by atoms with Crippen LogP contribution in [0.25, 0.3) is 0 Å². The zero-order valence-corrected chi connectivity index (χ0v) is 17.9. The van der Waals surface area contributed by atoms with E-state index in [0.717, 1.165) is 54.6 Å². The third-order valence-electron chi connectivity index (χ3n) is 10.2. The number of hydrogen-bond acceptors (Lipinski definition) is 2. The van der Waals surface area contributed by atoms with E-state index in [4.69, 9.17) is 0 Å². The first-order chi connectivity index (χ1) is 13.0. The molecule has 2 nitrogen and oxygen atoms in total. The molecule has 0 spiro atoms. The first kappa shape index (κ1) is 19.9. The highest BCUT2D eigenvalue weighted by molar-refractivity contribution is 5.49. The number of aldehydes is 1. The number of hydrogen-bond donors (Lipinski definition) is 1. The molecule has 1 N–H and O–H groups in total. The van der Waals surface area contributed by atoms with Gasteiger partial charge in [-0.1, -0.05) is 13.8 Å². The normalized spacial score (nSPS) is 48.8. The zero-order chi connectivity index (χ0) is 19.2. The van der Waals surface area contributed by atoms with E-state index in [-0.39, 0.29) is 6.10 Å². The van der Waals surface area contributed by atoms with Gasteiger partial charge in [-0.05, 0) is 124 Å². The van der Waals surface area contributed by atoms with Crippen LogP contribution in [0.1, 0.15) is 91.4 Å². The summed E-state index contributed by atoms with van der Waals surface area (Å²) >= 11 is 0. The molecule has 10 atom stereocenters. The van der Waals surface area contributed by atoms with Gasteiger partial charge in [0, 0.05) is 6.42 Å². The van der Waals surface area contributed by atoms with E-state index in [2.05, 4.69) is 13.8 Å². The molecule has 0 aromatic rings. The van der Waals surface area contributed by atoms with Crippen LogP contribution in [0, 0.1) is 52.8 Å². The van der Waals surface area contributed by atoms with Gasteiger partial charge in [-0.3, -0.25) is 0 Å². The summed E-state index contributed by atoms with van der Waals surface area (Å²) in [5.41, 5.74) is 0.522. The zero-order valence-electron chi connectivity index (χ0n) is 17.9. The largest absolute Gasteiger partial charge is 0.393 e. The van der Waals surface area contributed by atoms with Gasteiger partial charge in [-0.2, -0.15) is 0 Å². The van der Waals surface area contributed by atoms with Crippen molar-refractivity contribution in [2.24, 2.45) is 52.8 Å². The van der Waals surface area contributed by atoms with E-state index < -0.39 is 0 Å². The van der Waals surface area contributed by atoms with Gasteiger partial charge in [-0.25, -0.2) is 0 Å². The Kier molecular flexibility index (Phi) is 5.76. The number of rotatable bonds is 5. The summed E-state index contributed by atoms with van der Waals surface area (Å²) in [6, 6.07) is 0. The van der Waals surface area contributed by atoms with Crippen molar-refractivity contribution >= 4 is 6.29 Å². The molecule has 0 bridgehead atoms. The van der Waals surface area contributed by atoms with Crippen LogP contribution in [0.3, 0.4) is 0 Å². The minimum Gasteiger partial charge on any atom is -0.393 e. The van der Waals surface area contributed by atoms with Crippen molar-refractivity contribution < 1.29 is 9.90 Å². The van der Waals surface area contributed by atoms with Crippen molar-refractivity contribution in [3.05, 3.63) is 0 Å². The van der Waals surface area contributed by atoms with Crippen molar-refractivity contribution in [1.82, 2.24) is 0 Å². The predicted molar refractivity (Wildman–Crippen MR) is 110 cm³/mol. The molecule has 27 heavy (non-hydrogen) atoms. The van der Waals surface area contributed by atoms with Crippen LogP contribution >= 0.6 is 0 Å². The summed E-state index contributed by atoms with van der Waals surface area (Å²) in [7, 11) is 0. The third-order valence-corrected chi connectivity index (χ3v) is 10.2. The predicted octanol–water partition coefficient (Wildman–Crippen LogP) is 5.87. The van der Waals surface area contributed by atoms with Gasteiger partial charge in [-0.15, -0.1) is 0 Å². The second-order valence-corrected chi connectivity index (χ2v) is 11.2. The van der Waals surface area contributed by atoms with E-state index in [1.807, 2.05) is 6.92 Å². The van der Waals surface area contributed by atoms with Crippen molar-refractivity contribution in [2.75, 3.05) is 0 Å². The molecule has 4 aliphatic carbocycles. The van der Waals surface area contributed by atoms with E-state index in [1.54, 1.807) is 0 Å². The van der Waals surface area contributed by atoms with Crippen LogP contribution in [0.5, 0.6) is 0 Å².